The molecule has 1 heterocycles. The Balaban J connectivity index is 2.14. The van der Waals surface area contributed by atoms with E-state index in [-0.39, 0.29) is 6.61 Å². The van der Waals surface area contributed by atoms with Crippen LogP contribution in [0.2, 0.25) is 0 Å². The highest BCUT2D eigenvalue weighted by atomic mass is 16.3. The molecule has 1 aromatic carbocycles. The van der Waals surface area contributed by atoms with Crippen LogP contribution in [-0.4, -0.2) is 56.4 Å². The van der Waals surface area contributed by atoms with E-state index in [2.05, 4.69) is 46.3 Å². The predicted molar refractivity (Wildman–Crippen MR) is 88.9 cm³/mol. The second kappa shape index (κ2) is 8.37. The molecular formula is C17H29N3O. The third-order valence-electron chi connectivity index (χ3n) is 4.41. The molecular weight excluding hydrogens is 262 g/mol. The lowest BCUT2D eigenvalue weighted by molar-refractivity contribution is 0.204. The van der Waals surface area contributed by atoms with E-state index in [4.69, 9.17) is 5.11 Å². The van der Waals surface area contributed by atoms with Gasteiger partial charge in [-0.05, 0) is 38.1 Å². The van der Waals surface area contributed by atoms with Crippen molar-refractivity contribution in [3.8, 4) is 0 Å². The van der Waals surface area contributed by atoms with E-state index in [1.165, 1.54) is 11.3 Å². The number of benzene rings is 1. The van der Waals surface area contributed by atoms with E-state index >= 15 is 0 Å². The van der Waals surface area contributed by atoms with Gasteiger partial charge in [0.1, 0.15) is 0 Å². The topological polar surface area (TPSA) is 38.7 Å². The van der Waals surface area contributed by atoms with Gasteiger partial charge in [0, 0.05) is 37.9 Å². The van der Waals surface area contributed by atoms with Crippen molar-refractivity contribution in [1.82, 2.24) is 10.2 Å². The summed E-state index contributed by atoms with van der Waals surface area (Å²) in [4.78, 5) is 4.87. The third-order valence-corrected chi connectivity index (χ3v) is 4.41. The summed E-state index contributed by atoms with van der Waals surface area (Å²) in [7, 11) is 2.04. The molecule has 1 aliphatic heterocycles. The second-order valence-electron chi connectivity index (χ2n) is 5.71. The van der Waals surface area contributed by atoms with Crippen LogP contribution in [0, 0.1) is 0 Å². The van der Waals surface area contributed by atoms with Gasteiger partial charge in [0.2, 0.25) is 0 Å². The van der Waals surface area contributed by atoms with Crippen molar-refractivity contribution in [3.63, 3.8) is 0 Å². The molecule has 1 aromatic rings. The molecule has 0 aliphatic carbocycles. The molecule has 0 radical (unpaired) electrons. The van der Waals surface area contributed by atoms with Crippen LogP contribution >= 0.6 is 0 Å². The standard InChI is InChI=1S/C17H29N3O/c1-3-16(18-2)15-7-4-5-8-17(15)20-10-6-9-19(11-12-20)13-14-21/h4-5,7-8,16,18,21H,3,6,9-14H2,1-2H3. The first-order chi connectivity index (χ1) is 10.3. The quantitative estimate of drug-likeness (QED) is 0.839. The van der Waals surface area contributed by atoms with Crippen molar-refractivity contribution in [3.05, 3.63) is 29.8 Å². The summed E-state index contributed by atoms with van der Waals surface area (Å²) in [5.74, 6) is 0. The van der Waals surface area contributed by atoms with Gasteiger partial charge < -0.3 is 15.3 Å². The van der Waals surface area contributed by atoms with E-state index in [1.54, 1.807) is 0 Å². The highest BCUT2D eigenvalue weighted by Gasteiger charge is 2.19. The van der Waals surface area contributed by atoms with Crippen molar-refractivity contribution in [1.29, 1.82) is 0 Å². The summed E-state index contributed by atoms with van der Waals surface area (Å²) in [5, 5.41) is 12.5. The number of hydrogen-bond acceptors (Lipinski definition) is 4. The van der Waals surface area contributed by atoms with Crippen LogP contribution in [0.3, 0.4) is 0 Å². The number of anilines is 1. The molecule has 1 saturated heterocycles. The number of nitrogens with one attached hydrogen (secondary N) is 1. The van der Waals surface area contributed by atoms with Gasteiger partial charge in [-0.1, -0.05) is 25.1 Å². The van der Waals surface area contributed by atoms with Gasteiger partial charge in [0.05, 0.1) is 6.61 Å². The monoisotopic (exact) mass is 291 g/mol. The first-order valence-electron chi connectivity index (χ1n) is 8.14. The van der Waals surface area contributed by atoms with Gasteiger partial charge in [0.25, 0.3) is 0 Å². The summed E-state index contributed by atoms with van der Waals surface area (Å²) in [5.41, 5.74) is 2.77. The van der Waals surface area contributed by atoms with E-state index in [1.807, 2.05) is 7.05 Å². The van der Waals surface area contributed by atoms with Crippen LogP contribution in [0.5, 0.6) is 0 Å². The maximum absolute atomic E-state index is 9.11. The van der Waals surface area contributed by atoms with Gasteiger partial charge in [-0.2, -0.15) is 0 Å². The highest BCUT2D eigenvalue weighted by molar-refractivity contribution is 5.55. The first kappa shape index (κ1) is 16.3. The van der Waals surface area contributed by atoms with Gasteiger partial charge in [0.15, 0.2) is 0 Å². The maximum Gasteiger partial charge on any atom is 0.0558 e. The molecule has 1 fully saturated rings. The Morgan fingerprint density at radius 3 is 2.71 bits per heavy atom. The zero-order valence-electron chi connectivity index (χ0n) is 13.4. The zero-order valence-corrected chi connectivity index (χ0v) is 13.4. The molecule has 1 aliphatic rings. The minimum absolute atomic E-state index is 0.258. The Kier molecular flexibility index (Phi) is 6.49. The van der Waals surface area contributed by atoms with E-state index in [0.717, 1.165) is 45.6 Å². The average molecular weight is 291 g/mol. The minimum atomic E-state index is 0.258. The molecule has 118 valence electrons. The number of β-amino-alcohol motifs (C(OH)–C–C–N with tert-alkyl or cyclic N) is 1. The Morgan fingerprint density at radius 2 is 2.00 bits per heavy atom. The fourth-order valence-electron chi connectivity index (χ4n) is 3.23. The summed E-state index contributed by atoms with van der Waals surface area (Å²) in [6, 6.07) is 9.18. The van der Waals surface area contributed by atoms with E-state index in [9.17, 15) is 0 Å². The lowest BCUT2D eigenvalue weighted by Gasteiger charge is -2.28. The molecule has 0 saturated carbocycles. The van der Waals surface area contributed by atoms with Crippen LogP contribution in [0.25, 0.3) is 0 Å². The minimum Gasteiger partial charge on any atom is -0.395 e. The Bertz CT molecular complexity index is 420. The number of para-hydroxylation sites is 1. The molecule has 1 atom stereocenters. The largest absolute Gasteiger partial charge is 0.395 e. The molecule has 1 unspecified atom stereocenters. The van der Waals surface area contributed by atoms with E-state index < -0.39 is 0 Å². The number of aliphatic hydroxyl groups is 1. The van der Waals surface area contributed by atoms with Crippen molar-refractivity contribution in [2.75, 3.05) is 51.3 Å². The average Bonchev–Trinajstić information content (AvgIpc) is 2.75. The Labute approximate surface area is 128 Å². The van der Waals surface area contributed by atoms with Gasteiger partial charge >= 0.3 is 0 Å². The van der Waals surface area contributed by atoms with Crippen LogP contribution in [0.4, 0.5) is 5.69 Å². The van der Waals surface area contributed by atoms with Crippen molar-refractivity contribution in [2.45, 2.75) is 25.8 Å². The molecule has 4 nitrogen and oxygen atoms in total. The second-order valence-corrected chi connectivity index (χ2v) is 5.71. The lowest BCUT2D eigenvalue weighted by atomic mass is 10.0. The van der Waals surface area contributed by atoms with E-state index in [0.29, 0.717) is 6.04 Å². The molecule has 2 rings (SSSR count). The molecule has 0 aromatic heterocycles. The van der Waals surface area contributed by atoms with Crippen LogP contribution in [0.15, 0.2) is 24.3 Å². The fourth-order valence-corrected chi connectivity index (χ4v) is 3.23. The molecule has 4 heteroatoms. The highest BCUT2D eigenvalue weighted by Crippen LogP contribution is 2.28. The van der Waals surface area contributed by atoms with Crippen molar-refractivity contribution >= 4 is 5.69 Å². The number of rotatable bonds is 6. The summed E-state index contributed by atoms with van der Waals surface area (Å²) >= 11 is 0. The van der Waals surface area contributed by atoms with Gasteiger partial charge in [-0.15, -0.1) is 0 Å². The van der Waals surface area contributed by atoms with Gasteiger partial charge in [-0.3, -0.25) is 4.90 Å². The number of nitrogens with zero attached hydrogens (tertiary/aromatic N) is 2. The Hall–Kier alpha value is -1.10. The number of aliphatic hydroxyl groups excluding tert-OH is 1. The smallest absolute Gasteiger partial charge is 0.0558 e. The predicted octanol–water partition coefficient (Wildman–Crippen LogP) is 1.86. The van der Waals surface area contributed by atoms with Crippen LogP contribution < -0.4 is 10.2 Å². The molecule has 0 amide bonds. The summed E-state index contributed by atoms with van der Waals surface area (Å²) < 4.78 is 0. The lowest BCUT2D eigenvalue weighted by Crippen LogP contribution is -2.33. The zero-order chi connectivity index (χ0) is 15.1. The fraction of sp³-hybridized carbons (Fsp3) is 0.647. The van der Waals surface area contributed by atoms with Crippen LogP contribution in [-0.2, 0) is 0 Å². The Morgan fingerprint density at radius 1 is 1.19 bits per heavy atom. The normalized spacial score (nSPS) is 18.5. The number of hydrogen-bond donors (Lipinski definition) is 2. The molecule has 2 N–H and O–H groups in total. The van der Waals surface area contributed by atoms with Crippen molar-refractivity contribution in [2.24, 2.45) is 0 Å². The molecule has 21 heavy (non-hydrogen) atoms. The molecule has 0 bridgehead atoms. The molecule has 0 spiro atoms. The first-order valence-corrected chi connectivity index (χ1v) is 8.14. The summed E-state index contributed by atoms with van der Waals surface area (Å²) in [6.45, 7) is 7.53. The SMILES string of the molecule is CCC(NC)c1ccccc1N1CCCN(CCO)CC1. The third kappa shape index (κ3) is 4.19. The van der Waals surface area contributed by atoms with Crippen LogP contribution in [0.1, 0.15) is 31.4 Å². The maximum atomic E-state index is 9.11. The van der Waals surface area contributed by atoms with Gasteiger partial charge in [-0.25, -0.2) is 0 Å². The summed E-state index contributed by atoms with van der Waals surface area (Å²) in [6.07, 6.45) is 2.25. The van der Waals surface area contributed by atoms with Crippen molar-refractivity contribution < 1.29 is 5.11 Å².